The lowest BCUT2D eigenvalue weighted by Crippen LogP contribution is -2.49. The van der Waals surface area contributed by atoms with Gasteiger partial charge in [-0.2, -0.15) is 0 Å². The summed E-state index contributed by atoms with van der Waals surface area (Å²) in [5.41, 5.74) is 1.29. The van der Waals surface area contributed by atoms with Crippen LogP contribution in [0.15, 0.2) is 42.7 Å². The fourth-order valence-corrected chi connectivity index (χ4v) is 3.11. The van der Waals surface area contributed by atoms with Crippen molar-refractivity contribution in [2.75, 3.05) is 49.1 Å². The van der Waals surface area contributed by atoms with Crippen molar-refractivity contribution < 1.29 is 14.3 Å². The Kier molecular flexibility index (Phi) is 6.41. The lowest BCUT2D eigenvalue weighted by atomic mass is 10.2. The van der Waals surface area contributed by atoms with Crippen molar-refractivity contribution in [3.05, 3.63) is 48.3 Å². The number of benzene rings is 1. The monoisotopic (exact) mass is 383 g/mol. The Labute approximate surface area is 164 Å². The van der Waals surface area contributed by atoms with E-state index in [0.717, 1.165) is 5.69 Å². The van der Waals surface area contributed by atoms with Crippen LogP contribution in [0.2, 0.25) is 0 Å². The SMILES string of the molecule is CCOC(=O)N1CCN(c2ncc(C(=O)N(CC)c3ccccc3)cn2)CC1. The molecule has 0 unspecified atom stereocenters. The summed E-state index contributed by atoms with van der Waals surface area (Å²) in [6.07, 6.45) is 2.84. The molecule has 1 aliphatic rings. The van der Waals surface area contributed by atoms with Crippen molar-refractivity contribution in [3.63, 3.8) is 0 Å². The fourth-order valence-electron chi connectivity index (χ4n) is 3.11. The molecule has 0 N–H and O–H groups in total. The molecule has 0 radical (unpaired) electrons. The van der Waals surface area contributed by atoms with Gasteiger partial charge in [0.2, 0.25) is 5.95 Å². The van der Waals surface area contributed by atoms with Gasteiger partial charge in [-0.3, -0.25) is 4.79 Å². The lowest BCUT2D eigenvalue weighted by Gasteiger charge is -2.34. The third-order valence-corrected chi connectivity index (χ3v) is 4.60. The van der Waals surface area contributed by atoms with Gasteiger partial charge in [0.1, 0.15) is 0 Å². The maximum atomic E-state index is 12.8. The van der Waals surface area contributed by atoms with Crippen LogP contribution in [-0.2, 0) is 4.74 Å². The standard InChI is InChI=1S/C20H25N5O3/c1-3-25(17-8-6-5-7-9-17)18(26)16-14-21-19(22-15-16)23-10-12-24(13-11-23)20(27)28-4-2/h5-9,14-15H,3-4,10-13H2,1-2H3. The van der Waals surface area contributed by atoms with Gasteiger partial charge in [0.05, 0.1) is 12.2 Å². The zero-order valence-electron chi connectivity index (χ0n) is 16.2. The first-order chi connectivity index (χ1) is 13.6. The molecule has 0 spiro atoms. The molecule has 1 saturated heterocycles. The molecule has 0 bridgehead atoms. The molecule has 148 valence electrons. The number of carbonyl (C=O) groups is 2. The van der Waals surface area contributed by atoms with E-state index in [0.29, 0.717) is 50.8 Å². The highest BCUT2D eigenvalue weighted by Gasteiger charge is 2.24. The van der Waals surface area contributed by atoms with E-state index in [1.807, 2.05) is 42.2 Å². The number of ether oxygens (including phenoxy) is 1. The first-order valence-electron chi connectivity index (χ1n) is 9.49. The van der Waals surface area contributed by atoms with Crippen molar-refractivity contribution in [1.82, 2.24) is 14.9 Å². The van der Waals surface area contributed by atoms with Gasteiger partial charge in [0.25, 0.3) is 5.91 Å². The Hall–Kier alpha value is -3.16. The van der Waals surface area contributed by atoms with Crippen LogP contribution in [-0.4, -0.2) is 66.2 Å². The average Bonchev–Trinajstić information content (AvgIpc) is 2.75. The summed E-state index contributed by atoms with van der Waals surface area (Å²) in [5.74, 6) is 0.426. The summed E-state index contributed by atoms with van der Waals surface area (Å²) >= 11 is 0. The molecule has 0 atom stereocenters. The maximum Gasteiger partial charge on any atom is 0.409 e. The van der Waals surface area contributed by atoms with Crippen LogP contribution in [0.3, 0.4) is 0 Å². The predicted molar refractivity (Wildman–Crippen MR) is 107 cm³/mol. The van der Waals surface area contributed by atoms with Crippen LogP contribution in [0, 0.1) is 0 Å². The lowest BCUT2D eigenvalue weighted by molar-refractivity contribution is 0.0986. The van der Waals surface area contributed by atoms with Crippen LogP contribution in [0.1, 0.15) is 24.2 Å². The van der Waals surface area contributed by atoms with Gasteiger partial charge in [-0.25, -0.2) is 14.8 Å². The summed E-state index contributed by atoms with van der Waals surface area (Å²) in [6.45, 7) is 7.01. The van der Waals surface area contributed by atoms with Gasteiger partial charge in [-0.05, 0) is 26.0 Å². The summed E-state index contributed by atoms with van der Waals surface area (Å²) in [5, 5.41) is 0. The molecule has 2 amide bonds. The first kappa shape index (κ1) is 19.6. The third kappa shape index (κ3) is 4.39. The Bertz CT molecular complexity index is 789. The van der Waals surface area contributed by atoms with Gasteiger partial charge in [0, 0.05) is 50.8 Å². The normalized spacial score (nSPS) is 13.9. The fraction of sp³-hybridized carbons (Fsp3) is 0.400. The van der Waals surface area contributed by atoms with Gasteiger partial charge in [0.15, 0.2) is 0 Å². The number of anilines is 2. The molecular formula is C20H25N5O3. The number of amides is 2. The van der Waals surface area contributed by atoms with E-state index in [4.69, 9.17) is 4.74 Å². The van der Waals surface area contributed by atoms with Crippen LogP contribution < -0.4 is 9.80 Å². The molecule has 8 heteroatoms. The Morgan fingerprint density at radius 2 is 1.68 bits per heavy atom. The summed E-state index contributed by atoms with van der Waals surface area (Å²) in [4.78, 5) is 38.7. The van der Waals surface area contributed by atoms with Crippen molar-refractivity contribution in [1.29, 1.82) is 0 Å². The molecule has 28 heavy (non-hydrogen) atoms. The highest BCUT2D eigenvalue weighted by Crippen LogP contribution is 2.17. The van der Waals surface area contributed by atoms with Crippen molar-refractivity contribution >= 4 is 23.6 Å². The van der Waals surface area contributed by atoms with Gasteiger partial charge < -0.3 is 19.4 Å². The topological polar surface area (TPSA) is 78.9 Å². The highest BCUT2D eigenvalue weighted by molar-refractivity contribution is 6.05. The second-order valence-electron chi connectivity index (χ2n) is 6.33. The van der Waals surface area contributed by atoms with Crippen LogP contribution in [0.5, 0.6) is 0 Å². The minimum atomic E-state index is -0.287. The largest absolute Gasteiger partial charge is 0.450 e. The number of para-hydroxylation sites is 1. The van der Waals surface area contributed by atoms with Crippen molar-refractivity contribution in [2.45, 2.75) is 13.8 Å². The zero-order valence-corrected chi connectivity index (χ0v) is 16.2. The van der Waals surface area contributed by atoms with Gasteiger partial charge in [-0.1, -0.05) is 18.2 Å². The highest BCUT2D eigenvalue weighted by atomic mass is 16.6. The minimum Gasteiger partial charge on any atom is -0.450 e. The second-order valence-corrected chi connectivity index (χ2v) is 6.33. The smallest absolute Gasteiger partial charge is 0.409 e. The number of hydrogen-bond donors (Lipinski definition) is 0. The number of aromatic nitrogens is 2. The Morgan fingerprint density at radius 1 is 1.04 bits per heavy atom. The molecule has 1 aromatic carbocycles. The summed E-state index contributed by atoms with van der Waals surface area (Å²) < 4.78 is 5.03. The van der Waals surface area contributed by atoms with E-state index >= 15 is 0 Å². The third-order valence-electron chi connectivity index (χ3n) is 4.60. The molecule has 3 rings (SSSR count). The van der Waals surface area contributed by atoms with Crippen LogP contribution in [0.25, 0.3) is 0 Å². The van der Waals surface area contributed by atoms with E-state index in [-0.39, 0.29) is 12.0 Å². The van der Waals surface area contributed by atoms with Gasteiger partial charge in [-0.15, -0.1) is 0 Å². The van der Waals surface area contributed by atoms with Crippen LogP contribution >= 0.6 is 0 Å². The predicted octanol–water partition coefficient (Wildman–Crippen LogP) is 2.42. The molecular weight excluding hydrogens is 358 g/mol. The Balaban J connectivity index is 1.64. The van der Waals surface area contributed by atoms with Crippen LogP contribution in [0.4, 0.5) is 16.4 Å². The van der Waals surface area contributed by atoms with E-state index in [9.17, 15) is 9.59 Å². The zero-order chi connectivity index (χ0) is 19.9. The average molecular weight is 383 g/mol. The number of piperazine rings is 1. The Morgan fingerprint density at radius 3 is 2.25 bits per heavy atom. The molecule has 2 heterocycles. The van der Waals surface area contributed by atoms with Crippen molar-refractivity contribution in [2.24, 2.45) is 0 Å². The first-order valence-corrected chi connectivity index (χ1v) is 9.49. The summed E-state index contributed by atoms with van der Waals surface area (Å²) in [7, 11) is 0. The van der Waals surface area contributed by atoms with E-state index < -0.39 is 0 Å². The molecule has 8 nitrogen and oxygen atoms in total. The van der Waals surface area contributed by atoms with E-state index in [1.165, 1.54) is 0 Å². The second kappa shape index (κ2) is 9.16. The number of nitrogens with zero attached hydrogens (tertiary/aromatic N) is 5. The van der Waals surface area contributed by atoms with E-state index in [1.54, 1.807) is 29.1 Å². The minimum absolute atomic E-state index is 0.132. The molecule has 1 aliphatic heterocycles. The number of carbonyl (C=O) groups excluding carboxylic acids is 2. The molecule has 0 saturated carbocycles. The molecule has 1 fully saturated rings. The number of hydrogen-bond acceptors (Lipinski definition) is 6. The number of rotatable bonds is 5. The quantitative estimate of drug-likeness (QED) is 0.789. The van der Waals surface area contributed by atoms with Gasteiger partial charge >= 0.3 is 6.09 Å². The van der Waals surface area contributed by atoms with E-state index in [2.05, 4.69) is 9.97 Å². The molecule has 0 aliphatic carbocycles. The van der Waals surface area contributed by atoms with Crippen molar-refractivity contribution in [3.8, 4) is 0 Å². The maximum absolute atomic E-state index is 12.8. The molecule has 1 aromatic heterocycles. The molecule has 2 aromatic rings. The summed E-state index contributed by atoms with van der Waals surface area (Å²) in [6, 6.07) is 9.53.